The van der Waals surface area contributed by atoms with Gasteiger partial charge in [-0.25, -0.2) is 0 Å². The molecule has 2 aromatic carbocycles. The molecule has 0 unspecified atom stereocenters. The van der Waals surface area contributed by atoms with Crippen LogP contribution in [0.4, 0.5) is 0 Å². The smallest absolute Gasteiger partial charge is 0.545 e. The van der Waals surface area contributed by atoms with E-state index in [1.807, 2.05) is 27.7 Å². The Labute approximate surface area is 156 Å². The van der Waals surface area contributed by atoms with E-state index in [4.69, 9.17) is 0 Å². The third-order valence-electron chi connectivity index (χ3n) is 3.49. The van der Waals surface area contributed by atoms with E-state index in [9.17, 15) is 19.8 Å². The molecule has 0 aliphatic carbocycles. The van der Waals surface area contributed by atoms with Crippen molar-refractivity contribution in [1.29, 1.82) is 0 Å². The Morgan fingerprint density at radius 1 is 0.652 bits per heavy atom. The molecule has 5 heteroatoms. The number of hydrogen-bond donors (Lipinski definition) is 0. The van der Waals surface area contributed by atoms with Crippen molar-refractivity contribution >= 4 is 11.9 Å². The Morgan fingerprint density at radius 2 is 0.957 bits per heavy atom. The normalized spacial score (nSPS) is 9.22. The molecule has 0 aliphatic rings. The van der Waals surface area contributed by atoms with E-state index >= 15 is 0 Å². The number of hydrogen-bond acceptors (Lipinski definition) is 4. The topological polar surface area (TPSA) is 80.3 Å². The van der Waals surface area contributed by atoms with Gasteiger partial charge in [0.1, 0.15) is 0 Å². The van der Waals surface area contributed by atoms with Gasteiger partial charge in [0.15, 0.2) is 0 Å². The fourth-order valence-corrected chi connectivity index (χ4v) is 1.74. The number of aromatic carboxylic acids is 2. The molecular weight excluding hydrogens is 393 g/mol. The third-order valence-corrected chi connectivity index (χ3v) is 3.49. The molecule has 0 amide bonds. The van der Waals surface area contributed by atoms with Crippen molar-refractivity contribution in [2.24, 2.45) is 0 Å². The molecular formula is C18H18CdO4. The average Bonchev–Trinajstić information content (AvgIpc) is 2.45. The second kappa shape index (κ2) is 9.44. The zero-order valence-corrected chi connectivity index (χ0v) is 17.8. The standard InChI is InChI=1S/2C9H10O2.Cd/c2*1-6-3-4-8(9(10)11)5-7(6)2;/h2*3-5H,1-2H3,(H,10,11);/q;;+2/p-2. The number of benzene rings is 2. The van der Waals surface area contributed by atoms with Crippen LogP contribution < -0.4 is 10.2 Å². The largest absolute Gasteiger partial charge is 2.00 e. The summed E-state index contributed by atoms with van der Waals surface area (Å²) >= 11 is 0. The van der Waals surface area contributed by atoms with E-state index in [1.165, 1.54) is 0 Å². The number of carboxylic acids is 2. The molecule has 0 saturated heterocycles. The summed E-state index contributed by atoms with van der Waals surface area (Å²) in [5.74, 6) is -2.23. The third kappa shape index (κ3) is 6.52. The van der Waals surface area contributed by atoms with Crippen LogP contribution in [-0.4, -0.2) is 11.9 Å². The summed E-state index contributed by atoms with van der Waals surface area (Å²) in [7, 11) is 0. The quantitative estimate of drug-likeness (QED) is 0.700. The number of carbonyl (C=O) groups excluding carboxylic acids is 2. The van der Waals surface area contributed by atoms with Gasteiger partial charge in [-0.05, 0) is 73.2 Å². The van der Waals surface area contributed by atoms with Crippen LogP contribution in [0.1, 0.15) is 43.0 Å². The second-order valence-electron chi connectivity index (χ2n) is 5.17. The Morgan fingerprint density at radius 3 is 1.17 bits per heavy atom. The van der Waals surface area contributed by atoms with E-state index in [-0.39, 0.29) is 38.4 Å². The Hall–Kier alpha value is -1.70. The molecule has 2 aromatic rings. The monoisotopic (exact) mass is 412 g/mol. The summed E-state index contributed by atoms with van der Waals surface area (Å²) in [4.78, 5) is 20.7. The van der Waals surface area contributed by atoms with Crippen LogP contribution >= 0.6 is 0 Å². The van der Waals surface area contributed by atoms with Crippen molar-refractivity contribution in [3.63, 3.8) is 0 Å². The summed E-state index contributed by atoms with van der Waals surface area (Å²) in [6.45, 7) is 7.63. The first-order valence-electron chi connectivity index (χ1n) is 6.79. The number of carboxylic acid groups (broad SMARTS) is 2. The maximum Gasteiger partial charge on any atom is 2.00 e. The molecule has 0 spiro atoms. The number of aryl methyl sites for hydroxylation is 4. The first kappa shape index (κ1) is 21.3. The zero-order valence-electron chi connectivity index (χ0n) is 13.8. The maximum atomic E-state index is 10.4. The Kier molecular flexibility index (Phi) is 8.75. The van der Waals surface area contributed by atoms with Gasteiger partial charge in [0, 0.05) is 0 Å². The maximum absolute atomic E-state index is 10.4. The van der Waals surface area contributed by atoms with Gasteiger partial charge in [-0.3, -0.25) is 0 Å². The Balaban J connectivity index is 0.000000403. The molecule has 2 rings (SSSR count). The van der Waals surface area contributed by atoms with E-state index < -0.39 is 11.9 Å². The van der Waals surface area contributed by atoms with Crippen molar-refractivity contribution < 1.29 is 47.1 Å². The fourth-order valence-electron chi connectivity index (χ4n) is 1.74. The van der Waals surface area contributed by atoms with Gasteiger partial charge in [0.05, 0.1) is 11.9 Å². The van der Waals surface area contributed by atoms with E-state index in [2.05, 4.69) is 0 Å². The molecule has 0 aromatic heterocycles. The number of carbonyl (C=O) groups is 2. The summed E-state index contributed by atoms with van der Waals surface area (Å²) in [6, 6.07) is 9.89. The van der Waals surface area contributed by atoms with Crippen LogP contribution in [0.3, 0.4) is 0 Å². The molecule has 0 saturated carbocycles. The van der Waals surface area contributed by atoms with Crippen molar-refractivity contribution in [1.82, 2.24) is 0 Å². The molecule has 0 atom stereocenters. The van der Waals surface area contributed by atoms with Gasteiger partial charge in [-0.2, -0.15) is 0 Å². The van der Waals surface area contributed by atoms with Crippen LogP contribution in [0.25, 0.3) is 0 Å². The average molecular weight is 411 g/mol. The summed E-state index contributed by atoms with van der Waals surface area (Å²) in [5.41, 5.74) is 4.63. The second-order valence-corrected chi connectivity index (χ2v) is 5.17. The minimum Gasteiger partial charge on any atom is -0.545 e. The minimum atomic E-state index is -1.12. The minimum absolute atomic E-state index is 0. The van der Waals surface area contributed by atoms with Gasteiger partial charge in [-0.1, -0.05) is 24.3 Å². The van der Waals surface area contributed by atoms with Gasteiger partial charge in [-0.15, -0.1) is 0 Å². The van der Waals surface area contributed by atoms with Crippen LogP contribution in [0.15, 0.2) is 36.4 Å². The molecule has 4 nitrogen and oxygen atoms in total. The SMILES string of the molecule is Cc1ccc(C(=O)[O-])cc1C.Cc1ccc(C(=O)[O-])cc1C.[Cd+2]. The molecule has 0 bridgehead atoms. The van der Waals surface area contributed by atoms with Crippen molar-refractivity contribution in [2.75, 3.05) is 0 Å². The van der Waals surface area contributed by atoms with Crippen LogP contribution in [-0.2, 0) is 27.3 Å². The molecule has 0 heterocycles. The predicted octanol–water partition coefficient (Wildman–Crippen LogP) is 1.33. The first-order chi connectivity index (χ1) is 10.2. The van der Waals surface area contributed by atoms with Crippen LogP contribution in [0.2, 0.25) is 0 Å². The van der Waals surface area contributed by atoms with E-state index in [0.717, 1.165) is 22.3 Å². The summed E-state index contributed by atoms with van der Waals surface area (Å²) in [6.07, 6.45) is 0. The predicted molar refractivity (Wildman–Crippen MR) is 80.5 cm³/mol. The number of rotatable bonds is 2. The molecule has 0 aliphatic heterocycles. The van der Waals surface area contributed by atoms with Crippen LogP contribution in [0.5, 0.6) is 0 Å². The Bertz CT molecular complexity index is 647. The molecule has 23 heavy (non-hydrogen) atoms. The summed E-state index contributed by atoms with van der Waals surface area (Å²) < 4.78 is 0. The first-order valence-corrected chi connectivity index (χ1v) is 6.79. The van der Waals surface area contributed by atoms with Crippen molar-refractivity contribution in [3.05, 3.63) is 69.8 Å². The van der Waals surface area contributed by atoms with Gasteiger partial charge in [0.2, 0.25) is 0 Å². The molecule has 116 valence electrons. The molecule has 0 fully saturated rings. The van der Waals surface area contributed by atoms with Crippen molar-refractivity contribution in [3.8, 4) is 0 Å². The summed E-state index contributed by atoms with van der Waals surface area (Å²) in [5, 5.41) is 20.7. The van der Waals surface area contributed by atoms with Gasteiger partial charge >= 0.3 is 27.3 Å². The van der Waals surface area contributed by atoms with E-state index in [1.54, 1.807) is 36.4 Å². The van der Waals surface area contributed by atoms with Gasteiger partial charge < -0.3 is 19.8 Å². The molecule has 0 radical (unpaired) electrons. The van der Waals surface area contributed by atoms with Gasteiger partial charge in [0.25, 0.3) is 0 Å². The van der Waals surface area contributed by atoms with Crippen molar-refractivity contribution in [2.45, 2.75) is 27.7 Å². The zero-order chi connectivity index (χ0) is 16.9. The molecule has 0 N–H and O–H groups in total. The fraction of sp³-hybridized carbons (Fsp3) is 0.222. The van der Waals surface area contributed by atoms with E-state index in [0.29, 0.717) is 0 Å². The van der Waals surface area contributed by atoms with Crippen LogP contribution in [0, 0.1) is 27.7 Å².